The number of ether oxygens (including phenoxy) is 1. The van der Waals surface area contributed by atoms with Crippen molar-refractivity contribution >= 4 is 45.0 Å². The van der Waals surface area contributed by atoms with E-state index in [1.807, 2.05) is 4.90 Å². The standard InChI is InChI=1S/C22H22F3N5O4S/c1-2-34-20(31)14-6-8-29(9-7-14)21-27-18(16-11-17(22(23,24)25)35-19(16)28-21)26-12-13-4-3-5-15(10-13)30(32)33/h3-5,10-11,14H,2,6-9,12H2,1H3,(H,26,27,28). The topological polar surface area (TPSA) is 110 Å². The highest BCUT2D eigenvalue weighted by Crippen LogP contribution is 2.40. The molecule has 0 unspecified atom stereocenters. The van der Waals surface area contributed by atoms with Crippen LogP contribution in [0.15, 0.2) is 30.3 Å². The molecule has 4 rings (SSSR count). The van der Waals surface area contributed by atoms with Crippen molar-refractivity contribution < 1.29 is 27.6 Å². The number of anilines is 2. The van der Waals surface area contributed by atoms with Gasteiger partial charge in [-0.1, -0.05) is 12.1 Å². The summed E-state index contributed by atoms with van der Waals surface area (Å²) < 4.78 is 45.3. The zero-order chi connectivity index (χ0) is 25.2. The van der Waals surface area contributed by atoms with Crippen LogP contribution in [0.5, 0.6) is 0 Å². The van der Waals surface area contributed by atoms with E-state index in [0.717, 1.165) is 6.07 Å². The van der Waals surface area contributed by atoms with Crippen LogP contribution in [0.25, 0.3) is 10.2 Å². The number of carbonyl (C=O) groups excluding carboxylic acids is 1. The molecule has 0 spiro atoms. The van der Waals surface area contributed by atoms with Crippen LogP contribution >= 0.6 is 11.3 Å². The molecule has 186 valence electrons. The number of benzene rings is 1. The molecule has 3 aromatic rings. The molecule has 35 heavy (non-hydrogen) atoms. The first-order chi connectivity index (χ1) is 16.7. The number of alkyl halides is 3. The lowest BCUT2D eigenvalue weighted by atomic mass is 9.97. The minimum atomic E-state index is -4.53. The van der Waals surface area contributed by atoms with Gasteiger partial charge in [-0.25, -0.2) is 4.98 Å². The van der Waals surface area contributed by atoms with Crippen LogP contribution in [0.1, 0.15) is 30.2 Å². The Morgan fingerprint density at radius 3 is 2.69 bits per heavy atom. The predicted molar refractivity (Wildman–Crippen MR) is 124 cm³/mol. The Morgan fingerprint density at radius 1 is 1.29 bits per heavy atom. The van der Waals surface area contributed by atoms with Gasteiger partial charge in [-0.2, -0.15) is 18.2 Å². The number of nitro groups is 1. The lowest BCUT2D eigenvalue weighted by Gasteiger charge is -2.31. The van der Waals surface area contributed by atoms with Crippen molar-refractivity contribution in [3.05, 3.63) is 50.9 Å². The molecule has 1 aromatic carbocycles. The molecule has 1 aliphatic rings. The summed E-state index contributed by atoms with van der Waals surface area (Å²) in [6.45, 7) is 3.08. The maximum Gasteiger partial charge on any atom is 0.425 e. The van der Waals surface area contributed by atoms with Crippen LogP contribution in [-0.4, -0.2) is 40.6 Å². The molecule has 13 heteroatoms. The lowest BCUT2D eigenvalue weighted by molar-refractivity contribution is -0.384. The minimum absolute atomic E-state index is 0.0859. The van der Waals surface area contributed by atoms with Crippen molar-refractivity contribution in [3.63, 3.8) is 0 Å². The van der Waals surface area contributed by atoms with Crippen LogP contribution in [0.3, 0.4) is 0 Å². The third-order valence-electron chi connectivity index (χ3n) is 5.64. The van der Waals surface area contributed by atoms with E-state index in [-0.39, 0.29) is 46.1 Å². The molecule has 1 aliphatic heterocycles. The molecule has 9 nitrogen and oxygen atoms in total. The molecule has 1 saturated heterocycles. The molecule has 0 saturated carbocycles. The summed E-state index contributed by atoms with van der Waals surface area (Å²) in [7, 11) is 0. The fourth-order valence-corrected chi connectivity index (χ4v) is 4.76. The number of hydrogen-bond donors (Lipinski definition) is 1. The van der Waals surface area contributed by atoms with E-state index >= 15 is 0 Å². The lowest BCUT2D eigenvalue weighted by Crippen LogP contribution is -2.38. The minimum Gasteiger partial charge on any atom is -0.466 e. The van der Waals surface area contributed by atoms with E-state index in [4.69, 9.17) is 4.74 Å². The first-order valence-electron chi connectivity index (χ1n) is 10.9. The summed E-state index contributed by atoms with van der Waals surface area (Å²) >= 11 is 0.530. The number of nitro benzene ring substituents is 1. The first kappa shape index (κ1) is 24.6. The second-order valence-corrected chi connectivity index (χ2v) is 9.02. The quantitative estimate of drug-likeness (QED) is 0.269. The number of hydrogen-bond acceptors (Lipinski definition) is 9. The van der Waals surface area contributed by atoms with Gasteiger partial charge in [0.1, 0.15) is 15.5 Å². The van der Waals surface area contributed by atoms with E-state index in [9.17, 15) is 28.1 Å². The zero-order valence-electron chi connectivity index (χ0n) is 18.7. The average Bonchev–Trinajstić information content (AvgIpc) is 3.28. The third kappa shape index (κ3) is 5.61. The Hall–Kier alpha value is -3.48. The second-order valence-electron chi connectivity index (χ2n) is 7.99. The highest BCUT2D eigenvalue weighted by atomic mass is 32.1. The first-order valence-corrected chi connectivity index (χ1v) is 11.7. The highest BCUT2D eigenvalue weighted by molar-refractivity contribution is 7.18. The Balaban J connectivity index is 1.61. The number of rotatable bonds is 7. The summed E-state index contributed by atoms with van der Waals surface area (Å²) in [6.07, 6.45) is -3.48. The van der Waals surface area contributed by atoms with E-state index < -0.39 is 16.0 Å². The molecule has 2 aromatic heterocycles. The Kier molecular flexibility index (Phi) is 7.05. The van der Waals surface area contributed by atoms with Gasteiger partial charge >= 0.3 is 12.1 Å². The summed E-state index contributed by atoms with van der Waals surface area (Å²) in [4.78, 5) is 32.6. The normalized spacial score (nSPS) is 14.8. The van der Waals surface area contributed by atoms with Gasteiger partial charge in [-0.3, -0.25) is 14.9 Å². The fourth-order valence-electron chi connectivity index (χ4n) is 3.87. The Labute approximate surface area is 202 Å². The molecule has 1 fully saturated rings. The van der Waals surface area contributed by atoms with Crippen LogP contribution in [0.2, 0.25) is 0 Å². The number of non-ortho nitro benzene ring substituents is 1. The van der Waals surface area contributed by atoms with Gasteiger partial charge in [0.25, 0.3) is 5.69 Å². The van der Waals surface area contributed by atoms with Gasteiger partial charge < -0.3 is 15.0 Å². The van der Waals surface area contributed by atoms with Crippen molar-refractivity contribution in [2.45, 2.75) is 32.5 Å². The fraction of sp³-hybridized carbons (Fsp3) is 0.409. The summed E-state index contributed by atoms with van der Waals surface area (Å²) in [5, 5.41) is 14.3. The number of piperidine rings is 1. The van der Waals surface area contributed by atoms with Crippen molar-refractivity contribution in [1.82, 2.24) is 9.97 Å². The zero-order valence-corrected chi connectivity index (χ0v) is 19.5. The number of carbonyl (C=O) groups is 1. The molecule has 0 amide bonds. The summed E-state index contributed by atoms with van der Waals surface area (Å²) in [5.41, 5.74) is 0.492. The Morgan fingerprint density at radius 2 is 2.03 bits per heavy atom. The smallest absolute Gasteiger partial charge is 0.425 e. The maximum atomic E-state index is 13.4. The summed E-state index contributed by atoms with van der Waals surface area (Å²) in [6, 6.07) is 6.97. The van der Waals surface area contributed by atoms with E-state index in [0.29, 0.717) is 49.4 Å². The van der Waals surface area contributed by atoms with Crippen LogP contribution in [-0.2, 0) is 22.3 Å². The number of thiophene rings is 1. The van der Waals surface area contributed by atoms with Gasteiger partial charge in [0.2, 0.25) is 5.95 Å². The number of nitrogens with zero attached hydrogens (tertiary/aromatic N) is 4. The molecule has 0 atom stereocenters. The predicted octanol–water partition coefficient (Wildman–Crippen LogP) is 5.01. The number of esters is 1. The van der Waals surface area contributed by atoms with Crippen molar-refractivity contribution in [2.24, 2.45) is 5.92 Å². The maximum absolute atomic E-state index is 13.4. The Bertz CT molecular complexity index is 1240. The summed E-state index contributed by atoms with van der Waals surface area (Å²) in [5.74, 6) is -0.0245. The molecule has 0 radical (unpaired) electrons. The number of aromatic nitrogens is 2. The van der Waals surface area contributed by atoms with Gasteiger partial charge in [0, 0.05) is 31.8 Å². The van der Waals surface area contributed by atoms with Crippen molar-refractivity contribution in [3.8, 4) is 0 Å². The molecular formula is C22H22F3N5O4S. The van der Waals surface area contributed by atoms with Crippen LogP contribution in [0, 0.1) is 16.0 Å². The monoisotopic (exact) mass is 509 g/mol. The van der Waals surface area contributed by atoms with Gasteiger partial charge in [-0.05, 0) is 31.4 Å². The van der Waals surface area contributed by atoms with E-state index in [1.165, 1.54) is 18.2 Å². The van der Waals surface area contributed by atoms with Gasteiger partial charge in [-0.15, -0.1) is 11.3 Å². The van der Waals surface area contributed by atoms with Gasteiger partial charge in [0.15, 0.2) is 0 Å². The van der Waals surface area contributed by atoms with Gasteiger partial charge in [0.05, 0.1) is 22.8 Å². The average molecular weight is 510 g/mol. The van der Waals surface area contributed by atoms with Crippen LogP contribution < -0.4 is 10.2 Å². The van der Waals surface area contributed by atoms with E-state index in [1.54, 1.807) is 13.0 Å². The molecule has 0 aliphatic carbocycles. The van der Waals surface area contributed by atoms with E-state index in [2.05, 4.69) is 15.3 Å². The highest BCUT2D eigenvalue weighted by Gasteiger charge is 2.34. The van der Waals surface area contributed by atoms with Crippen molar-refractivity contribution in [2.75, 3.05) is 29.9 Å². The van der Waals surface area contributed by atoms with Crippen molar-refractivity contribution in [1.29, 1.82) is 0 Å². The second kappa shape index (κ2) is 10.0. The molecule has 0 bridgehead atoms. The molecular weight excluding hydrogens is 487 g/mol. The molecule has 1 N–H and O–H groups in total. The third-order valence-corrected chi connectivity index (χ3v) is 6.71. The SMILES string of the molecule is CCOC(=O)C1CCN(c2nc(NCc3cccc([N+](=O)[O-])c3)c3cc(C(F)(F)F)sc3n2)CC1. The number of nitrogens with one attached hydrogen (secondary N) is 1. The number of fused-ring (bicyclic) bond motifs is 1. The number of halogens is 3. The molecule has 3 heterocycles. The van der Waals surface area contributed by atoms with Crippen LogP contribution in [0.4, 0.5) is 30.6 Å². The largest absolute Gasteiger partial charge is 0.466 e.